The van der Waals surface area contributed by atoms with Crippen molar-refractivity contribution < 1.29 is 14.3 Å². The fraction of sp³-hybridized carbons (Fsp3) is 0.231. The van der Waals surface area contributed by atoms with Crippen LogP contribution in [0.15, 0.2) is 60.7 Å². The van der Waals surface area contributed by atoms with Gasteiger partial charge in [-0.25, -0.2) is 0 Å². The van der Waals surface area contributed by atoms with Gasteiger partial charge in [-0.2, -0.15) is 5.26 Å². The Morgan fingerprint density at radius 2 is 1.61 bits per heavy atom. The summed E-state index contributed by atoms with van der Waals surface area (Å²) in [6.45, 7) is 5.81. The van der Waals surface area contributed by atoms with Gasteiger partial charge in [0.05, 0.1) is 25.7 Å². The third-order valence-electron chi connectivity index (χ3n) is 5.24. The van der Waals surface area contributed by atoms with E-state index in [1.165, 1.54) is 7.11 Å². The monoisotopic (exact) mass is 414 g/mol. The number of benzene rings is 3. The van der Waals surface area contributed by atoms with Crippen LogP contribution in [-0.2, 0) is 5.41 Å². The molecule has 3 aromatic carbocycles. The number of nitriles is 1. The van der Waals surface area contributed by atoms with Crippen molar-refractivity contribution in [2.45, 2.75) is 26.2 Å². The van der Waals surface area contributed by atoms with Crippen molar-refractivity contribution >= 4 is 11.6 Å². The number of rotatable bonds is 6. The number of amides is 1. The van der Waals surface area contributed by atoms with Gasteiger partial charge in [0.25, 0.3) is 5.91 Å². The smallest absolute Gasteiger partial charge is 0.255 e. The van der Waals surface area contributed by atoms with Crippen LogP contribution in [-0.4, -0.2) is 20.1 Å². The van der Waals surface area contributed by atoms with E-state index in [9.17, 15) is 10.1 Å². The summed E-state index contributed by atoms with van der Waals surface area (Å²) in [6, 6.07) is 21.2. The fourth-order valence-electron chi connectivity index (χ4n) is 3.38. The lowest BCUT2D eigenvalue weighted by molar-refractivity contribution is 0.102. The molecule has 31 heavy (non-hydrogen) atoms. The molecule has 3 rings (SSSR count). The van der Waals surface area contributed by atoms with Gasteiger partial charge in [0.2, 0.25) is 0 Å². The van der Waals surface area contributed by atoms with Crippen LogP contribution in [0.2, 0.25) is 0 Å². The maximum Gasteiger partial charge on any atom is 0.255 e. The second kappa shape index (κ2) is 8.93. The van der Waals surface area contributed by atoms with Gasteiger partial charge in [-0.05, 0) is 67.8 Å². The van der Waals surface area contributed by atoms with Crippen LogP contribution in [0.4, 0.5) is 5.69 Å². The molecule has 0 saturated heterocycles. The maximum atomic E-state index is 12.9. The van der Waals surface area contributed by atoms with Gasteiger partial charge in [-0.15, -0.1) is 0 Å². The Balaban J connectivity index is 1.99. The molecular weight excluding hydrogens is 388 g/mol. The molecule has 0 fully saturated rings. The Bertz CT molecular complexity index is 1140. The highest BCUT2D eigenvalue weighted by Crippen LogP contribution is 2.35. The SMILES string of the molecule is COc1ccc(C(=O)Nc2ccc(C(C)(C)C#N)c(-c3ccc(C)cc3)c2)cc1OC. The largest absolute Gasteiger partial charge is 0.493 e. The van der Waals surface area contributed by atoms with E-state index in [4.69, 9.17) is 9.47 Å². The molecule has 0 unspecified atom stereocenters. The zero-order valence-electron chi connectivity index (χ0n) is 18.4. The number of aryl methyl sites for hydroxylation is 1. The van der Waals surface area contributed by atoms with E-state index in [0.29, 0.717) is 22.7 Å². The van der Waals surface area contributed by atoms with E-state index in [1.54, 1.807) is 25.3 Å². The minimum atomic E-state index is -0.674. The van der Waals surface area contributed by atoms with Gasteiger partial charge >= 0.3 is 0 Å². The summed E-state index contributed by atoms with van der Waals surface area (Å²) in [7, 11) is 3.08. The molecule has 0 saturated carbocycles. The summed E-state index contributed by atoms with van der Waals surface area (Å²) in [5.41, 5.74) is 4.39. The summed E-state index contributed by atoms with van der Waals surface area (Å²) in [4.78, 5) is 12.9. The lowest BCUT2D eigenvalue weighted by Gasteiger charge is -2.22. The van der Waals surface area contributed by atoms with E-state index in [0.717, 1.165) is 22.3 Å². The number of methoxy groups -OCH3 is 2. The van der Waals surface area contributed by atoms with E-state index < -0.39 is 5.41 Å². The highest BCUT2D eigenvalue weighted by molar-refractivity contribution is 6.05. The summed E-state index contributed by atoms with van der Waals surface area (Å²) >= 11 is 0. The zero-order chi connectivity index (χ0) is 22.6. The van der Waals surface area contributed by atoms with Gasteiger partial charge in [0, 0.05) is 11.3 Å². The first kappa shape index (κ1) is 21.9. The van der Waals surface area contributed by atoms with Gasteiger partial charge < -0.3 is 14.8 Å². The van der Waals surface area contributed by atoms with E-state index in [2.05, 4.69) is 11.4 Å². The molecule has 0 aromatic heterocycles. The van der Waals surface area contributed by atoms with Crippen LogP contribution < -0.4 is 14.8 Å². The Kier molecular flexibility index (Phi) is 6.31. The topological polar surface area (TPSA) is 71.3 Å². The van der Waals surface area contributed by atoms with Crippen LogP contribution in [0.1, 0.15) is 35.3 Å². The van der Waals surface area contributed by atoms with Crippen LogP contribution in [0.5, 0.6) is 11.5 Å². The highest BCUT2D eigenvalue weighted by Gasteiger charge is 2.24. The van der Waals surface area contributed by atoms with Crippen LogP contribution in [0, 0.1) is 18.3 Å². The van der Waals surface area contributed by atoms with Gasteiger partial charge in [-0.1, -0.05) is 35.9 Å². The minimum absolute atomic E-state index is 0.261. The van der Waals surface area contributed by atoms with Crippen molar-refractivity contribution in [2.24, 2.45) is 0 Å². The highest BCUT2D eigenvalue weighted by atomic mass is 16.5. The first-order valence-electron chi connectivity index (χ1n) is 9.95. The van der Waals surface area contributed by atoms with Crippen molar-refractivity contribution in [1.29, 1.82) is 5.26 Å². The number of hydrogen-bond acceptors (Lipinski definition) is 4. The molecule has 0 aliphatic heterocycles. The second-order valence-electron chi connectivity index (χ2n) is 7.89. The second-order valence-corrected chi connectivity index (χ2v) is 7.89. The molecule has 0 aliphatic rings. The molecule has 5 heteroatoms. The quantitative estimate of drug-likeness (QED) is 0.559. The van der Waals surface area contributed by atoms with E-state index >= 15 is 0 Å². The molecule has 158 valence electrons. The standard InChI is InChI=1S/C26H26N2O3/c1-17-6-8-18(9-7-17)21-15-20(11-12-22(21)26(2,3)16-27)28-25(29)19-10-13-23(30-4)24(14-19)31-5/h6-15H,1-5H3,(H,28,29). The lowest BCUT2D eigenvalue weighted by atomic mass is 9.81. The number of nitrogens with one attached hydrogen (secondary N) is 1. The predicted octanol–water partition coefficient (Wildman–Crippen LogP) is 5.73. The van der Waals surface area contributed by atoms with Crippen molar-refractivity contribution in [3.05, 3.63) is 77.4 Å². The Hall–Kier alpha value is -3.78. The van der Waals surface area contributed by atoms with Gasteiger partial charge in [0.15, 0.2) is 11.5 Å². The number of hydrogen-bond donors (Lipinski definition) is 1. The predicted molar refractivity (Wildman–Crippen MR) is 123 cm³/mol. The molecule has 0 radical (unpaired) electrons. The van der Waals surface area contributed by atoms with Crippen molar-refractivity contribution in [3.8, 4) is 28.7 Å². The third kappa shape index (κ3) is 4.70. The first-order valence-corrected chi connectivity index (χ1v) is 9.95. The van der Waals surface area contributed by atoms with E-state index in [-0.39, 0.29) is 5.91 Å². The molecular formula is C26H26N2O3. The number of ether oxygens (including phenoxy) is 2. The Labute approximate surface area is 183 Å². The van der Waals surface area contributed by atoms with Crippen molar-refractivity contribution in [2.75, 3.05) is 19.5 Å². The van der Waals surface area contributed by atoms with Crippen LogP contribution >= 0.6 is 0 Å². The third-order valence-corrected chi connectivity index (χ3v) is 5.24. The molecule has 0 heterocycles. The fourth-order valence-corrected chi connectivity index (χ4v) is 3.38. The first-order chi connectivity index (χ1) is 14.8. The van der Waals surface area contributed by atoms with Gasteiger partial charge in [0.1, 0.15) is 0 Å². The molecule has 0 spiro atoms. The normalized spacial score (nSPS) is 10.8. The van der Waals surface area contributed by atoms with E-state index in [1.807, 2.05) is 63.2 Å². The lowest BCUT2D eigenvalue weighted by Crippen LogP contribution is -2.16. The number of carbonyl (C=O) groups is 1. The summed E-state index contributed by atoms with van der Waals surface area (Å²) in [5.74, 6) is 0.786. The number of nitrogens with zero attached hydrogens (tertiary/aromatic N) is 1. The molecule has 0 aliphatic carbocycles. The number of carbonyl (C=O) groups excluding carboxylic acids is 1. The zero-order valence-corrected chi connectivity index (χ0v) is 18.4. The summed E-state index contributed by atoms with van der Waals surface area (Å²) in [6.07, 6.45) is 0. The van der Waals surface area contributed by atoms with Crippen LogP contribution in [0.3, 0.4) is 0 Å². The maximum absolute atomic E-state index is 12.9. The average Bonchev–Trinajstić information content (AvgIpc) is 2.78. The Morgan fingerprint density at radius 3 is 2.23 bits per heavy atom. The molecule has 1 amide bonds. The van der Waals surface area contributed by atoms with Crippen molar-refractivity contribution in [1.82, 2.24) is 0 Å². The summed E-state index contributed by atoms with van der Waals surface area (Å²) in [5, 5.41) is 12.6. The van der Waals surface area contributed by atoms with Gasteiger partial charge in [-0.3, -0.25) is 4.79 Å². The molecule has 5 nitrogen and oxygen atoms in total. The Morgan fingerprint density at radius 1 is 0.935 bits per heavy atom. The van der Waals surface area contributed by atoms with Crippen LogP contribution in [0.25, 0.3) is 11.1 Å². The summed E-state index contributed by atoms with van der Waals surface area (Å²) < 4.78 is 10.5. The number of anilines is 1. The minimum Gasteiger partial charge on any atom is -0.493 e. The molecule has 0 atom stereocenters. The molecule has 3 aromatic rings. The van der Waals surface area contributed by atoms with Crippen molar-refractivity contribution in [3.63, 3.8) is 0 Å². The molecule has 0 bridgehead atoms. The molecule has 1 N–H and O–H groups in total. The average molecular weight is 415 g/mol.